The average molecular weight is 1680 g/mol. The minimum absolute atomic E-state index is 0.0287. The molecule has 116 heavy (non-hydrogen) atoms. The second kappa shape index (κ2) is 58.4. The molecule has 4 heterocycles. The Morgan fingerprint density at radius 3 is 1.24 bits per heavy atom. The number of aromatic nitrogens is 3. The summed E-state index contributed by atoms with van der Waals surface area (Å²) in [5, 5.41) is 105. The number of aliphatic hydroxyl groups is 8. The Hall–Kier alpha value is -5.61. The summed E-state index contributed by atoms with van der Waals surface area (Å²) < 4.78 is 104. The Balaban J connectivity index is 1.06. The van der Waals surface area contributed by atoms with Gasteiger partial charge in [0.15, 0.2) is 18.9 Å². The maximum Gasteiger partial charge on any atom is 0.246 e. The van der Waals surface area contributed by atoms with Gasteiger partial charge >= 0.3 is 0 Å². The summed E-state index contributed by atoms with van der Waals surface area (Å²) in [5.41, 5.74) is 3.63. The predicted octanol–water partition coefficient (Wildman–Crippen LogP) is -6.88. The van der Waals surface area contributed by atoms with Gasteiger partial charge in [-0.3, -0.25) is 33.6 Å². The number of primary amides is 1. The highest BCUT2D eigenvalue weighted by Crippen LogP contribution is 2.35. The molecule has 16 N–H and O–H groups in total. The van der Waals surface area contributed by atoms with E-state index >= 15 is 0 Å². The van der Waals surface area contributed by atoms with Crippen molar-refractivity contribution in [2.75, 3.05) is 218 Å². The molecule has 0 radical (unpaired) electrons. The molecule has 3 aliphatic heterocycles. The van der Waals surface area contributed by atoms with Crippen LogP contribution in [0.15, 0.2) is 6.20 Å². The van der Waals surface area contributed by atoms with E-state index < -0.39 is 159 Å². The van der Waals surface area contributed by atoms with Crippen molar-refractivity contribution in [2.24, 2.45) is 23.5 Å². The molecule has 4 fully saturated rings. The lowest BCUT2D eigenvalue weighted by Gasteiger charge is -2.41. The largest absolute Gasteiger partial charge is 0.394 e. The summed E-state index contributed by atoms with van der Waals surface area (Å²) in [6.45, 7) is 7.72. The molecule has 1 aromatic heterocycles. The second-order valence-corrected chi connectivity index (χ2v) is 28.4. The van der Waals surface area contributed by atoms with Gasteiger partial charge in [0.05, 0.1) is 228 Å². The van der Waals surface area contributed by atoms with Gasteiger partial charge in [0.25, 0.3) is 0 Å². The van der Waals surface area contributed by atoms with Crippen LogP contribution in [-0.4, -0.2) is 400 Å². The van der Waals surface area contributed by atoms with E-state index in [1.54, 1.807) is 31.6 Å². The van der Waals surface area contributed by atoms with E-state index in [0.29, 0.717) is 50.9 Å². The van der Waals surface area contributed by atoms with Crippen molar-refractivity contribution in [2.45, 2.75) is 177 Å². The number of ether oxygens (including phenoxy) is 18. The molecule has 0 bridgehead atoms. The molecule has 1 aromatic rings. The van der Waals surface area contributed by atoms with Gasteiger partial charge in [0.2, 0.25) is 41.4 Å². The number of carbonyl (C=O) groups is 7. The van der Waals surface area contributed by atoms with Gasteiger partial charge in [0, 0.05) is 69.3 Å². The van der Waals surface area contributed by atoms with E-state index in [9.17, 15) is 74.4 Å². The molecule has 4 aliphatic rings. The number of aliphatic hydroxyl groups excluding tert-OH is 8. The molecule has 43 heteroatoms. The van der Waals surface area contributed by atoms with Gasteiger partial charge < -0.3 is 164 Å². The smallest absolute Gasteiger partial charge is 0.246 e. The third kappa shape index (κ3) is 39.7. The number of hydrogen-bond acceptors (Lipinski definition) is 35. The minimum atomic E-state index is -1.56. The van der Waals surface area contributed by atoms with Crippen LogP contribution < -0.4 is 37.6 Å². The van der Waals surface area contributed by atoms with Crippen molar-refractivity contribution in [1.82, 2.24) is 46.9 Å². The highest BCUT2D eigenvalue weighted by molar-refractivity contribution is 5.93. The molecule has 0 spiro atoms. The molecule has 3 saturated heterocycles. The average Bonchev–Trinajstić information content (AvgIpc) is 1.67. The van der Waals surface area contributed by atoms with E-state index in [-0.39, 0.29) is 222 Å². The number of nitrogens with two attached hydrogens (primary N) is 1. The fraction of sp³-hybridized carbons (Fsp3) is 0.877. The molecule has 0 aromatic carbocycles. The molecule has 5 rings (SSSR count). The Bertz CT molecular complexity index is 2690. The fourth-order valence-corrected chi connectivity index (χ4v) is 11.9. The normalized spacial score (nSPS) is 24.9. The zero-order valence-corrected chi connectivity index (χ0v) is 67.3. The quantitative estimate of drug-likeness (QED) is 0.0270. The predicted molar refractivity (Wildman–Crippen MR) is 401 cm³/mol. The number of aryl methyl sites for hydroxylation is 1. The van der Waals surface area contributed by atoms with Gasteiger partial charge in [-0.15, -0.1) is 5.10 Å². The van der Waals surface area contributed by atoms with E-state index in [1.165, 1.54) is 0 Å². The van der Waals surface area contributed by atoms with Crippen LogP contribution in [-0.2, 0) is 132 Å². The van der Waals surface area contributed by atoms with Gasteiger partial charge in [-0.25, -0.2) is 4.68 Å². The zero-order chi connectivity index (χ0) is 84.4. The summed E-state index contributed by atoms with van der Waals surface area (Å²) in [5.74, 6) is -4.87. The Kier molecular flexibility index (Phi) is 50.8. The van der Waals surface area contributed by atoms with Crippen LogP contribution in [0.4, 0.5) is 0 Å². The van der Waals surface area contributed by atoms with Crippen molar-refractivity contribution in [3.8, 4) is 0 Å². The first-order chi connectivity index (χ1) is 55.9. The van der Waals surface area contributed by atoms with Crippen LogP contribution in [0, 0.1) is 17.8 Å². The number of rotatable bonds is 68. The molecule has 1 aliphatic carbocycles. The Morgan fingerprint density at radius 2 is 0.845 bits per heavy atom. The van der Waals surface area contributed by atoms with E-state index in [1.807, 2.05) is 6.92 Å². The maximum absolute atomic E-state index is 13.9. The second-order valence-electron chi connectivity index (χ2n) is 28.4. The highest BCUT2D eigenvalue weighted by Gasteiger charge is 2.50. The van der Waals surface area contributed by atoms with Crippen LogP contribution in [0.3, 0.4) is 0 Å². The Labute approximate surface area is 675 Å². The molecule has 15 atom stereocenters. The van der Waals surface area contributed by atoms with Gasteiger partial charge in [0.1, 0.15) is 48.2 Å². The number of nitrogens with one attached hydrogen (secondary N) is 6. The van der Waals surface area contributed by atoms with Crippen molar-refractivity contribution in [3.05, 3.63) is 11.9 Å². The molecule has 7 amide bonds. The monoisotopic (exact) mass is 1670 g/mol. The SMILES string of the molecule is CCC1OC(OCCOCCOCCNC(=O)CCOCC(COCCC(=O)NCCOCCOCCOC2OC(CO)C(O)C(O)C2C)(COCCC(=O)NCCOCCOCCOC2OC(CO)C(O)C(O)C2C)NC(=O)CNC(=O)COCCOCCOCCn2cc(CCCC(=O)NC3(C(N)=O)CC3)nn2)C(C)C(O)C1O. The number of hydrogen-bond donors (Lipinski definition) is 15. The third-order valence-corrected chi connectivity index (χ3v) is 19.0. The third-order valence-electron chi connectivity index (χ3n) is 19.0. The van der Waals surface area contributed by atoms with Crippen LogP contribution >= 0.6 is 0 Å². The fourth-order valence-electron chi connectivity index (χ4n) is 11.9. The summed E-state index contributed by atoms with van der Waals surface area (Å²) >= 11 is 0. The molecule has 15 unspecified atom stereocenters. The van der Waals surface area contributed by atoms with Crippen LogP contribution in [0.25, 0.3) is 0 Å². The molecule has 43 nitrogen and oxygen atoms in total. The van der Waals surface area contributed by atoms with Gasteiger partial charge in [-0.1, -0.05) is 32.9 Å². The lowest BCUT2D eigenvalue weighted by atomic mass is 9.91. The van der Waals surface area contributed by atoms with Crippen molar-refractivity contribution in [1.29, 1.82) is 0 Å². The first-order valence-electron chi connectivity index (χ1n) is 39.9. The van der Waals surface area contributed by atoms with Crippen LogP contribution in [0.5, 0.6) is 0 Å². The lowest BCUT2D eigenvalue weighted by molar-refractivity contribution is -0.284. The number of amides is 7. The maximum atomic E-state index is 13.9. The van der Waals surface area contributed by atoms with Crippen LogP contribution in [0.1, 0.15) is 84.8 Å². The summed E-state index contributed by atoms with van der Waals surface area (Å²) in [4.78, 5) is 89.7. The topological polar surface area (TPSA) is 576 Å². The standard InChI is InChI=1S/C73H130N10O33/c1-5-53-65(95)62(92)49(2)68(114-53)111-38-35-104-29-25-99-21-14-75-56(86)9-18-108-46-72(47-109-19-10-57(87)76-15-22-100-26-30-105-36-39-112-69-50(3)63(93)66(96)54(43-84)115-69,48-110-20-11-58(88)77-16-23-101-27-31-106-37-40-113-70-51(4)64(94)67(97)55(44-85)116-70)79-60(90)41-78-61(91)45-107-34-33-103-32-28-102-24-17-83-42-52(81-82-83)7-6-8-59(89)80-73(12-13-73)71(74)98/h42,49-51,53-55,62-70,84-85,92-97H,5-41,43-48H2,1-4H3,(H2,74,98)(H,75,86)(H,76,87)(H,77,88)(H,78,91)(H,79,90)(H,80,89). The number of nitrogens with zero attached hydrogens (tertiary/aromatic N) is 3. The van der Waals surface area contributed by atoms with Gasteiger partial charge in [-0.05, 0) is 32.1 Å². The molecule has 1 saturated carbocycles. The molecule has 670 valence electrons. The lowest BCUT2D eigenvalue weighted by Crippen LogP contribution is -2.60. The first-order valence-corrected chi connectivity index (χ1v) is 39.9. The van der Waals surface area contributed by atoms with Crippen molar-refractivity contribution >= 4 is 41.4 Å². The number of carbonyl (C=O) groups excluding carboxylic acids is 7. The summed E-state index contributed by atoms with van der Waals surface area (Å²) in [7, 11) is 0. The van der Waals surface area contributed by atoms with E-state index in [4.69, 9.17) is 91.0 Å². The van der Waals surface area contributed by atoms with Crippen molar-refractivity contribution in [3.63, 3.8) is 0 Å². The zero-order valence-electron chi connectivity index (χ0n) is 67.3. The van der Waals surface area contributed by atoms with E-state index in [2.05, 4.69) is 42.2 Å². The Morgan fingerprint density at radius 1 is 0.466 bits per heavy atom. The first kappa shape index (κ1) is 101. The van der Waals surface area contributed by atoms with E-state index in [0.717, 1.165) is 0 Å². The van der Waals surface area contributed by atoms with Crippen LogP contribution in [0.2, 0.25) is 0 Å². The summed E-state index contributed by atoms with van der Waals surface area (Å²) in [6, 6.07) is 0. The van der Waals surface area contributed by atoms with Gasteiger partial charge in [-0.2, -0.15) is 0 Å². The summed E-state index contributed by atoms with van der Waals surface area (Å²) in [6.07, 6.45) is -7.51. The van der Waals surface area contributed by atoms with Crippen molar-refractivity contribution < 1.29 is 160 Å². The molecular formula is C73H130N10O33. The highest BCUT2D eigenvalue weighted by atomic mass is 16.7. The minimum Gasteiger partial charge on any atom is -0.394 e. The molecular weight excluding hydrogens is 1540 g/mol.